The summed E-state index contributed by atoms with van der Waals surface area (Å²) >= 11 is 5.81. The molecule has 1 fully saturated rings. The Balaban J connectivity index is 2.38. The van der Waals surface area contributed by atoms with Crippen molar-refractivity contribution in [3.05, 3.63) is 17.7 Å². The number of rotatable bonds is 6. The topological polar surface area (TPSA) is 66.7 Å². The Labute approximate surface area is 160 Å². The lowest BCUT2D eigenvalue weighted by Crippen LogP contribution is -2.43. The number of halogens is 1. The third-order valence-electron chi connectivity index (χ3n) is 3.73. The number of morpholine rings is 1. The Morgan fingerprint density at radius 2 is 2.12 bits per heavy atom. The van der Waals surface area contributed by atoms with Crippen LogP contribution in [-0.2, 0) is 14.3 Å². The first kappa shape index (κ1) is 20.6. The highest BCUT2D eigenvalue weighted by atomic mass is 35.5. The summed E-state index contributed by atoms with van der Waals surface area (Å²) in [6.07, 6.45) is 2.72. The first-order valence-corrected chi connectivity index (χ1v) is 9.36. The van der Waals surface area contributed by atoms with Crippen LogP contribution in [0.25, 0.3) is 0 Å². The summed E-state index contributed by atoms with van der Waals surface area (Å²) in [7, 11) is 0. The Bertz CT molecular complexity index is 639. The molecule has 0 amide bonds. The van der Waals surface area contributed by atoms with Crippen LogP contribution in [0.5, 0.6) is 0 Å². The molecule has 0 aromatic rings. The number of allylic oxidation sites excluding steroid dienone is 1. The molecule has 0 aromatic heterocycles. The summed E-state index contributed by atoms with van der Waals surface area (Å²) in [5.74, 6) is 3.21. The average Bonchev–Trinajstić information content (AvgIpc) is 2.91. The van der Waals surface area contributed by atoms with E-state index in [-0.39, 0.29) is 11.9 Å². The zero-order chi connectivity index (χ0) is 19.2. The largest absolute Gasteiger partial charge is 0.465 e. The van der Waals surface area contributed by atoms with Gasteiger partial charge < -0.3 is 9.47 Å². The number of aliphatic imine (C=N–C) groups is 2. The first-order valence-electron chi connectivity index (χ1n) is 8.82. The summed E-state index contributed by atoms with van der Waals surface area (Å²) in [4.78, 5) is 24.5. The molecule has 0 bridgehead atoms. The minimum Gasteiger partial charge on any atom is -0.465 e. The molecular formula is C18H27ClN4O3. The number of carbonyl (C=O) groups excluding carboxylic acids is 1. The molecule has 2 aliphatic heterocycles. The smallest absolute Gasteiger partial charge is 0.288 e. The average molecular weight is 383 g/mol. The molecule has 0 aromatic carbocycles. The first-order chi connectivity index (χ1) is 12.4. The highest BCUT2D eigenvalue weighted by molar-refractivity contribution is 6.20. The molecule has 2 rings (SSSR count). The second kappa shape index (κ2) is 9.33. The normalized spacial score (nSPS) is 21.9. The molecule has 0 saturated carbocycles. The van der Waals surface area contributed by atoms with E-state index >= 15 is 0 Å². The van der Waals surface area contributed by atoms with Gasteiger partial charge in [-0.1, -0.05) is 13.0 Å². The molecule has 2 heterocycles. The van der Waals surface area contributed by atoms with Crippen LogP contribution in [0.2, 0.25) is 0 Å². The van der Waals surface area contributed by atoms with Gasteiger partial charge in [-0.05, 0) is 27.2 Å². The fourth-order valence-corrected chi connectivity index (χ4v) is 2.82. The molecular weight excluding hydrogens is 356 g/mol. The Hall–Kier alpha value is -1.66. The monoisotopic (exact) mass is 382 g/mol. The maximum Gasteiger partial charge on any atom is 0.288 e. The Morgan fingerprint density at radius 3 is 2.65 bits per heavy atom. The summed E-state index contributed by atoms with van der Waals surface area (Å²) in [6, 6.07) is 0.0961. The van der Waals surface area contributed by atoms with Crippen LogP contribution in [0.4, 0.5) is 0 Å². The predicted octanol–water partition coefficient (Wildman–Crippen LogP) is 2.41. The maximum atomic E-state index is 11.7. The molecule has 26 heavy (non-hydrogen) atoms. The van der Waals surface area contributed by atoms with Gasteiger partial charge in [0.2, 0.25) is 0 Å². The van der Waals surface area contributed by atoms with Crippen molar-refractivity contribution in [1.82, 2.24) is 9.80 Å². The highest BCUT2D eigenvalue weighted by Gasteiger charge is 2.35. The molecule has 0 spiro atoms. The summed E-state index contributed by atoms with van der Waals surface area (Å²) in [5, 5.41) is 0. The number of nitrogens with zero attached hydrogens (tertiary/aromatic N) is 4. The van der Waals surface area contributed by atoms with E-state index in [1.807, 2.05) is 39.7 Å². The van der Waals surface area contributed by atoms with Gasteiger partial charge in [0.1, 0.15) is 17.4 Å². The predicted molar refractivity (Wildman–Crippen MR) is 103 cm³/mol. The van der Waals surface area contributed by atoms with Gasteiger partial charge in [0.25, 0.3) is 5.88 Å². The molecule has 2 aliphatic rings. The fraction of sp³-hybridized carbons (Fsp3) is 0.667. The third kappa shape index (κ3) is 5.42. The van der Waals surface area contributed by atoms with E-state index < -0.39 is 5.60 Å². The Kier molecular flexibility index (Phi) is 7.41. The molecule has 144 valence electrons. The number of amidine groups is 2. The van der Waals surface area contributed by atoms with E-state index in [0.29, 0.717) is 37.1 Å². The minimum absolute atomic E-state index is 0.0870. The molecule has 0 N–H and O–H groups in total. The van der Waals surface area contributed by atoms with E-state index in [4.69, 9.17) is 21.1 Å². The molecule has 0 radical (unpaired) electrons. The Morgan fingerprint density at radius 1 is 1.42 bits per heavy atom. The summed E-state index contributed by atoms with van der Waals surface area (Å²) in [6.45, 7) is 11.2. The quantitative estimate of drug-likeness (QED) is 0.305. The van der Waals surface area contributed by atoms with Crippen molar-refractivity contribution in [3.8, 4) is 0 Å². The number of hydrogen-bond acceptors (Lipinski definition) is 6. The minimum atomic E-state index is -0.541. The van der Waals surface area contributed by atoms with Gasteiger partial charge in [-0.15, -0.1) is 11.6 Å². The van der Waals surface area contributed by atoms with E-state index in [0.717, 1.165) is 19.5 Å². The van der Waals surface area contributed by atoms with E-state index in [1.165, 1.54) is 0 Å². The lowest BCUT2D eigenvalue weighted by molar-refractivity contribution is 0.0258. The van der Waals surface area contributed by atoms with Gasteiger partial charge in [-0.25, -0.2) is 14.8 Å². The van der Waals surface area contributed by atoms with Gasteiger partial charge in [0.05, 0.1) is 25.5 Å². The number of ether oxygens (including phenoxy) is 2. The van der Waals surface area contributed by atoms with Gasteiger partial charge in [-0.2, -0.15) is 0 Å². The number of alkyl halides is 1. The van der Waals surface area contributed by atoms with Crippen molar-refractivity contribution >= 4 is 29.2 Å². The second-order valence-electron chi connectivity index (χ2n) is 6.97. The molecule has 1 saturated heterocycles. The fourth-order valence-electron chi connectivity index (χ4n) is 2.71. The lowest BCUT2D eigenvalue weighted by atomic mass is 10.2. The third-order valence-corrected chi connectivity index (χ3v) is 3.85. The van der Waals surface area contributed by atoms with Crippen molar-refractivity contribution in [2.24, 2.45) is 9.98 Å². The zero-order valence-electron chi connectivity index (χ0n) is 15.9. The lowest BCUT2D eigenvalue weighted by Gasteiger charge is -2.31. The van der Waals surface area contributed by atoms with E-state index in [2.05, 4.69) is 14.9 Å². The van der Waals surface area contributed by atoms with Crippen molar-refractivity contribution in [2.75, 3.05) is 38.9 Å². The van der Waals surface area contributed by atoms with Crippen molar-refractivity contribution in [2.45, 2.75) is 39.7 Å². The molecule has 8 heteroatoms. The SMILES string of the molecule is CC/C=C1\C(=N/CCl)N=C(CN2CCOCC2)N1C(=C=O)OC(C)(C)C. The molecule has 0 unspecified atom stereocenters. The number of hydrogen-bond donors (Lipinski definition) is 0. The van der Waals surface area contributed by atoms with E-state index in [9.17, 15) is 4.79 Å². The van der Waals surface area contributed by atoms with Crippen LogP contribution < -0.4 is 0 Å². The van der Waals surface area contributed by atoms with Crippen LogP contribution in [0.3, 0.4) is 0 Å². The molecule has 0 atom stereocenters. The van der Waals surface area contributed by atoms with Crippen LogP contribution >= 0.6 is 11.6 Å². The summed E-state index contributed by atoms with van der Waals surface area (Å²) < 4.78 is 11.3. The van der Waals surface area contributed by atoms with Crippen LogP contribution in [0, 0.1) is 0 Å². The zero-order valence-corrected chi connectivity index (χ0v) is 16.7. The second-order valence-corrected chi connectivity index (χ2v) is 7.21. The van der Waals surface area contributed by atoms with Crippen LogP contribution in [-0.4, -0.2) is 71.9 Å². The van der Waals surface area contributed by atoms with Gasteiger partial charge in [-0.3, -0.25) is 9.80 Å². The standard InChI is InChI=1S/C18H27ClN4O3/c1-5-6-14-17(20-13-19)21-15(11-22-7-9-25-10-8-22)23(14)16(12-24)26-18(2,3)4/h6H,5,7-11,13H2,1-4H3/b14-6+,20-17+. The van der Waals surface area contributed by atoms with Crippen molar-refractivity contribution in [1.29, 1.82) is 0 Å². The van der Waals surface area contributed by atoms with E-state index in [1.54, 1.807) is 4.90 Å². The van der Waals surface area contributed by atoms with Gasteiger partial charge in [0, 0.05) is 13.1 Å². The summed E-state index contributed by atoms with van der Waals surface area (Å²) in [5.41, 5.74) is 0.166. The molecule has 7 nitrogen and oxygen atoms in total. The van der Waals surface area contributed by atoms with Crippen LogP contribution in [0.1, 0.15) is 34.1 Å². The molecule has 0 aliphatic carbocycles. The van der Waals surface area contributed by atoms with Crippen molar-refractivity contribution in [3.63, 3.8) is 0 Å². The van der Waals surface area contributed by atoms with Gasteiger partial charge >= 0.3 is 0 Å². The van der Waals surface area contributed by atoms with Crippen LogP contribution in [0.15, 0.2) is 27.6 Å². The van der Waals surface area contributed by atoms with Gasteiger partial charge in [0.15, 0.2) is 11.8 Å². The van der Waals surface area contributed by atoms with Crippen molar-refractivity contribution < 1.29 is 14.3 Å². The highest BCUT2D eigenvalue weighted by Crippen LogP contribution is 2.27. The maximum absolute atomic E-state index is 11.7.